The van der Waals surface area contributed by atoms with E-state index < -0.39 is 0 Å². The Labute approximate surface area is 79.2 Å². The fourth-order valence-corrected chi connectivity index (χ4v) is 2.65. The molecule has 2 unspecified atom stereocenters. The van der Waals surface area contributed by atoms with E-state index in [2.05, 4.69) is 36.0 Å². The number of hydrogen-bond acceptors (Lipinski definition) is 1. The van der Waals surface area contributed by atoms with Crippen molar-refractivity contribution in [3.05, 3.63) is 41.8 Å². The van der Waals surface area contributed by atoms with E-state index >= 15 is 0 Å². The molecular formula is C12H14N. The fraction of sp³-hybridized carbons (Fsp3) is 0.417. The first-order chi connectivity index (χ1) is 6.45. The monoisotopic (exact) mass is 172 g/mol. The maximum absolute atomic E-state index is 3.48. The van der Waals surface area contributed by atoms with Gasteiger partial charge in [0.05, 0.1) is 0 Å². The van der Waals surface area contributed by atoms with Gasteiger partial charge in [0.1, 0.15) is 0 Å². The summed E-state index contributed by atoms with van der Waals surface area (Å²) >= 11 is 0. The summed E-state index contributed by atoms with van der Waals surface area (Å²) in [7, 11) is 0. The highest BCUT2D eigenvalue weighted by Gasteiger charge is 2.33. The molecule has 0 aromatic heterocycles. The van der Waals surface area contributed by atoms with E-state index in [1.807, 2.05) is 0 Å². The molecule has 13 heavy (non-hydrogen) atoms. The molecule has 1 fully saturated rings. The van der Waals surface area contributed by atoms with Gasteiger partial charge >= 0.3 is 0 Å². The van der Waals surface area contributed by atoms with Crippen LogP contribution in [0.4, 0.5) is 0 Å². The standard InChI is InChI=1S/C12H14N/c1-2-4-11-9(3-1)7-10-5-6-13-8-12(10)11/h1-4,7,10,12-13H,5-6,8H2. The van der Waals surface area contributed by atoms with Crippen molar-refractivity contribution in [3.8, 4) is 0 Å². The zero-order valence-electron chi connectivity index (χ0n) is 7.66. The topological polar surface area (TPSA) is 12.0 Å². The largest absolute Gasteiger partial charge is 0.316 e. The fourth-order valence-electron chi connectivity index (χ4n) is 2.65. The van der Waals surface area contributed by atoms with E-state index in [4.69, 9.17) is 0 Å². The maximum atomic E-state index is 3.48. The van der Waals surface area contributed by atoms with E-state index in [0.717, 1.165) is 18.4 Å². The summed E-state index contributed by atoms with van der Waals surface area (Å²) in [6, 6.07) is 8.82. The summed E-state index contributed by atoms with van der Waals surface area (Å²) in [6.45, 7) is 2.35. The molecule has 67 valence electrons. The van der Waals surface area contributed by atoms with Crippen LogP contribution in [0, 0.1) is 12.3 Å². The third kappa shape index (κ3) is 1.11. The molecule has 1 radical (unpaired) electrons. The van der Waals surface area contributed by atoms with Gasteiger partial charge in [-0.3, -0.25) is 0 Å². The van der Waals surface area contributed by atoms with Crippen LogP contribution in [0.5, 0.6) is 0 Å². The molecule has 2 aliphatic rings. The predicted molar refractivity (Wildman–Crippen MR) is 53.6 cm³/mol. The second-order valence-corrected chi connectivity index (χ2v) is 4.06. The zero-order chi connectivity index (χ0) is 8.67. The molecule has 1 aliphatic heterocycles. The molecular weight excluding hydrogens is 158 g/mol. The summed E-state index contributed by atoms with van der Waals surface area (Å²) in [5.41, 5.74) is 3.03. The number of benzene rings is 1. The third-order valence-electron chi connectivity index (χ3n) is 3.32. The van der Waals surface area contributed by atoms with Gasteiger partial charge in [-0.2, -0.15) is 0 Å². The number of piperidine rings is 1. The lowest BCUT2D eigenvalue weighted by Crippen LogP contribution is -2.32. The molecule has 1 aromatic carbocycles. The van der Waals surface area contributed by atoms with Crippen LogP contribution in [-0.4, -0.2) is 13.1 Å². The van der Waals surface area contributed by atoms with Gasteiger partial charge < -0.3 is 5.32 Å². The van der Waals surface area contributed by atoms with Crippen molar-refractivity contribution >= 4 is 0 Å². The Morgan fingerprint density at radius 1 is 1.23 bits per heavy atom. The highest BCUT2D eigenvalue weighted by atomic mass is 14.9. The van der Waals surface area contributed by atoms with Crippen molar-refractivity contribution in [3.63, 3.8) is 0 Å². The van der Waals surface area contributed by atoms with Gasteiger partial charge in [0.25, 0.3) is 0 Å². The first-order valence-electron chi connectivity index (χ1n) is 5.09. The van der Waals surface area contributed by atoms with Gasteiger partial charge in [0, 0.05) is 12.5 Å². The van der Waals surface area contributed by atoms with Gasteiger partial charge in [-0.1, -0.05) is 24.3 Å². The Hall–Kier alpha value is -0.820. The molecule has 1 N–H and O–H groups in total. The molecule has 0 spiro atoms. The van der Waals surface area contributed by atoms with Gasteiger partial charge in [-0.25, -0.2) is 0 Å². The molecule has 1 nitrogen and oxygen atoms in total. The van der Waals surface area contributed by atoms with Crippen LogP contribution in [0.15, 0.2) is 24.3 Å². The van der Waals surface area contributed by atoms with Crippen molar-refractivity contribution in [2.24, 2.45) is 5.92 Å². The Kier molecular flexibility index (Phi) is 1.66. The minimum Gasteiger partial charge on any atom is -0.316 e. The summed E-state index contributed by atoms with van der Waals surface area (Å²) in [6.07, 6.45) is 3.76. The Balaban J connectivity index is 2.01. The first-order valence-corrected chi connectivity index (χ1v) is 5.09. The van der Waals surface area contributed by atoms with E-state index in [1.54, 1.807) is 5.56 Å². The zero-order valence-corrected chi connectivity index (χ0v) is 7.66. The van der Waals surface area contributed by atoms with Crippen molar-refractivity contribution in [2.45, 2.75) is 12.3 Å². The molecule has 1 saturated heterocycles. The highest BCUT2D eigenvalue weighted by molar-refractivity contribution is 5.43. The Morgan fingerprint density at radius 3 is 3.15 bits per heavy atom. The molecule has 1 heteroatoms. The van der Waals surface area contributed by atoms with Gasteiger partial charge in [0.15, 0.2) is 0 Å². The van der Waals surface area contributed by atoms with Crippen LogP contribution in [0.2, 0.25) is 0 Å². The predicted octanol–water partition coefficient (Wildman–Crippen LogP) is 1.95. The molecule has 0 amide bonds. The number of fused-ring (bicyclic) bond motifs is 3. The van der Waals surface area contributed by atoms with Crippen molar-refractivity contribution < 1.29 is 0 Å². The molecule has 3 rings (SSSR count). The molecule has 1 aromatic rings. The lowest BCUT2D eigenvalue weighted by Gasteiger charge is -2.26. The lowest BCUT2D eigenvalue weighted by atomic mass is 9.87. The number of nitrogens with one attached hydrogen (secondary N) is 1. The van der Waals surface area contributed by atoms with Crippen LogP contribution in [0.25, 0.3) is 0 Å². The smallest absolute Gasteiger partial charge is 0.00231 e. The summed E-state index contributed by atoms with van der Waals surface area (Å²) in [4.78, 5) is 0. The van der Waals surface area contributed by atoms with Crippen molar-refractivity contribution in [1.82, 2.24) is 5.32 Å². The average Bonchev–Trinajstić information content (AvgIpc) is 2.56. The molecule has 1 aliphatic carbocycles. The van der Waals surface area contributed by atoms with Crippen LogP contribution in [0.3, 0.4) is 0 Å². The van der Waals surface area contributed by atoms with E-state index in [-0.39, 0.29) is 0 Å². The Bertz CT molecular complexity index is 319. The highest BCUT2D eigenvalue weighted by Crippen LogP contribution is 2.41. The third-order valence-corrected chi connectivity index (χ3v) is 3.32. The lowest BCUT2D eigenvalue weighted by molar-refractivity contribution is 0.383. The molecule has 2 atom stereocenters. The molecule has 0 saturated carbocycles. The minimum absolute atomic E-state index is 0.755. The normalized spacial score (nSPS) is 31.1. The van der Waals surface area contributed by atoms with Crippen molar-refractivity contribution in [2.75, 3.05) is 13.1 Å². The summed E-state index contributed by atoms with van der Waals surface area (Å²) in [5.74, 6) is 1.56. The quantitative estimate of drug-likeness (QED) is 0.630. The first kappa shape index (κ1) is 7.57. The summed E-state index contributed by atoms with van der Waals surface area (Å²) in [5, 5.41) is 3.48. The van der Waals surface area contributed by atoms with Gasteiger partial charge in [0.2, 0.25) is 0 Å². The second-order valence-electron chi connectivity index (χ2n) is 4.06. The number of rotatable bonds is 0. The van der Waals surface area contributed by atoms with Crippen LogP contribution < -0.4 is 5.32 Å². The van der Waals surface area contributed by atoms with Gasteiger partial charge in [-0.15, -0.1) is 0 Å². The van der Waals surface area contributed by atoms with E-state index in [0.29, 0.717) is 0 Å². The minimum atomic E-state index is 0.755. The van der Waals surface area contributed by atoms with E-state index in [9.17, 15) is 0 Å². The average molecular weight is 172 g/mol. The number of hydrogen-bond donors (Lipinski definition) is 1. The van der Waals surface area contributed by atoms with Crippen LogP contribution in [0.1, 0.15) is 23.5 Å². The summed E-state index contributed by atoms with van der Waals surface area (Å²) < 4.78 is 0. The SMILES string of the molecule is [CH]1c2ccccc2C2CNCCC12. The molecule has 0 bridgehead atoms. The second kappa shape index (κ2) is 2.85. The van der Waals surface area contributed by atoms with Crippen LogP contribution in [-0.2, 0) is 0 Å². The van der Waals surface area contributed by atoms with Crippen molar-refractivity contribution in [1.29, 1.82) is 0 Å². The molecule has 1 heterocycles. The van der Waals surface area contributed by atoms with Gasteiger partial charge in [-0.05, 0) is 36.4 Å². The maximum Gasteiger partial charge on any atom is 0.00231 e. The van der Waals surface area contributed by atoms with Crippen LogP contribution >= 0.6 is 0 Å². The van der Waals surface area contributed by atoms with E-state index in [1.165, 1.54) is 18.5 Å². The Morgan fingerprint density at radius 2 is 2.15 bits per heavy atom.